The molecule has 2 atom stereocenters. The van der Waals surface area contributed by atoms with Crippen LogP contribution < -0.4 is 4.74 Å². The minimum Gasteiger partial charge on any atom is -0.493 e. The third-order valence-corrected chi connectivity index (χ3v) is 3.80. The molecule has 0 aliphatic carbocycles. The van der Waals surface area contributed by atoms with E-state index in [9.17, 15) is 5.11 Å². The Labute approximate surface area is 109 Å². The summed E-state index contributed by atoms with van der Waals surface area (Å²) in [7, 11) is 1.71. The Morgan fingerprint density at radius 3 is 2.89 bits per heavy atom. The maximum atomic E-state index is 10.3. The van der Waals surface area contributed by atoms with Crippen molar-refractivity contribution in [1.29, 1.82) is 0 Å². The molecule has 0 saturated heterocycles. The molecule has 100 valence electrons. The van der Waals surface area contributed by atoms with Crippen LogP contribution >= 0.6 is 0 Å². The molecule has 3 heteroatoms. The molecule has 1 heterocycles. The monoisotopic (exact) mass is 250 g/mol. The van der Waals surface area contributed by atoms with Gasteiger partial charge in [0.15, 0.2) is 0 Å². The highest BCUT2D eigenvalue weighted by Gasteiger charge is 2.31. The number of aliphatic hydroxyl groups excluding tert-OH is 1. The molecule has 0 amide bonds. The molecule has 3 nitrogen and oxygen atoms in total. The molecule has 1 aromatic carbocycles. The quantitative estimate of drug-likeness (QED) is 0.873. The predicted octanol–water partition coefficient (Wildman–Crippen LogP) is 2.73. The first-order valence-corrected chi connectivity index (χ1v) is 6.48. The fraction of sp³-hybridized carbons (Fsp3) is 0.600. The summed E-state index contributed by atoms with van der Waals surface area (Å²) in [5.41, 5.74) is 0.945. The van der Waals surface area contributed by atoms with E-state index in [0.29, 0.717) is 6.61 Å². The van der Waals surface area contributed by atoms with Gasteiger partial charge in [-0.3, -0.25) is 0 Å². The summed E-state index contributed by atoms with van der Waals surface area (Å²) in [6.45, 7) is 4.66. The third-order valence-electron chi connectivity index (χ3n) is 3.80. The number of methoxy groups -OCH3 is 1. The molecular formula is C15H22O3. The summed E-state index contributed by atoms with van der Waals surface area (Å²) in [4.78, 5) is 0. The Hall–Kier alpha value is -1.06. The molecule has 0 radical (unpaired) electrons. The first-order valence-electron chi connectivity index (χ1n) is 6.48. The molecule has 1 aliphatic rings. The second-order valence-electron chi connectivity index (χ2n) is 5.53. The van der Waals surface area contributed by atoms with Crippen LogP contribution in [0.2, 0.25) is 0 Å². The minimum atomic E-state index is -0.372. The van der Waals surface area contributed by atoms with Gasteiger partial charge in [0, 0.05) is 18.6 Å². The SMILES string of the molecule is COC(C)(C)CCC(O)C1COc2ccccc21. The van der Waals surface area contributed by atoms with E-state index in [1.165, 1.54) is 0 Å². The zero-order valence-electron chi connectivity index (χ0n) is 11.3. The molecule has 2 unspecified atom stereocenters. The van der Waals surface area contributed by atoms with Crippen molar-refractivity contribution >= 4 is 0 Å². The van der Waals surface area contributed by atoms with Gasteiger partial charge in [0.05, 0.1) is 18.3 Å². The Balaban J connectivity index is 1.97. The zero-order chi connectivity index (χ0) is 13.2. The Morgan fingerprint density at radius 2 is 2.17 bits per heavy atom. The van der Waals surface area contributed by atoms with E-state index in [1.807, 2.05) is 38.1 Å². The fourth-order valence-corrected chi connectivity index (χ4v) is 2.30. The summed E-state index contributed by atoms with van der Waals surface area (Å²) in [6.07, 6.45) is 1.19. The summed E-state index contributed by atoms with van der Waals surface area (Å²) >= 11 is 0. The van der Waals surface area contributed by atoms with E-state index in [4.69, 9.17) is 9.47 Å². The van der Waals surface area contributed by atoms with Crippen LogP contribution in [0.4, 0.5) is 0 Å². The van der Waals surface area contributed by atoms with Crippen LogP contribution in [-0.2, 0) is 4.74 Å². The van der Waals surface area contributed by atoms with Crippen molar-refractivity contribution in [2.45, 2.75) is 44.3 Å². The lowest BCUT2D eigenvalue weighted by Crippen LogP contribution is -2.27. The van der Waals surface area contributed by atoms with E-state index in [0.717, 1.165) is 24.2 Å². The summed E-state index contributed by atoms with van der Waals surface area (Å²) in [6, 6.07) is 7.95. The van der Waals surface area contributed by atoms with Gasteiger partial charge in [0.25, 0.3) is 0 Å². The van der Waals surface area contributed by atoms with Gasteiger partial charge >= 0.3 is 0 Å². The van der Waals surface area contributed by atoms with Crippen LogP contribution in [0, 0.1) is 0 Å². The number of benzene rings is 1. The molecule has 2 rings (SSSR count). The largest absolute Gasteiger partial charge is 0.493 e. The van der Waals surface area contributed by atoms with Crippen molar-refractivity contribution in [1.82, 2.24) is 0 Å². The molecule has 1 aromatic rings. The van der Waals surface area contributed by atoms with Crippen LogP contribution in [0.25, 0.3) is 0 Å². The van der Waals surface area contributed by atoms with E-state index in [-0.39, 0.29) is 17.6 Å². The van der Waals surface area contributed by atoms with E-state index in [1.54, 1.807) is 7.11 Å². The molecular weight excluding hydrogens is 228 g/mol. The van der Waals surface area contributed by atoms with Crippen molar-refractivity contribution in [3.8, 4) is 5.75 Å². The third kappa shape index (κ3) is 2.85. The lowest BCUT2D eigenvalue weighted by Gasteiger charge is -2.25. The van der Waals surface area contributed by atoms with Gasteiger partial charge in [-0.15, -0.1) is 0 Å². The van der Waals surface area contributed by atoms with Gasteiger partial charge in [0.2, 0.25) is 0 Å². The zero-order valence-corrected chi connectivity index (χ0v) is 11.3. The molecule has 1 aliphatic heterocycles. The van der Waals surface area contributed by atoms with Gasteiger partial charge in [-0.2, -0.15) is 0 Å². The van der Waals surface area contributed by atoms with E-state index >= 15 is 0 Å². The highest BCUT2D eigenvalue weighted by Crippen LogP contribution is 2.37. The number of hydrogen-bond acceptors (Lipinski definition) is 3. The van der Waals surface area contributed by atoms with Gasteiger partial charge in [-0.25, -0.2) is 0 Å². The minimum absolute atomic E-state index is 0.0915. The standard InChI is InChI=1S/C15H22O3/c1-15(2,17-3)9-8-13(16)12-10-18-14-7-5-4-6-11(12)14/h4-7,12-13,16H,8-10H2,1-3H3. The van der Waals surface area contributed by atoms with Crippen LogP contribution in [0.15, 0.2) is 24.3 Å². The summed E-state index contributed by atoms with van der Waals surface area (Å²) < 4.78 is 11.0. The van der Waals surface area contributed by atoms with Gasteiger partial charge in [0.1, 0.15) is 5.75 Å². The molecule has 0 bridgehead atoms. The first-order chi connectivity index (χ1) is 8.53. The maximum Gasteiger partial charge on any atom is 0.123 e. The highest BCUT2D eigenvalue weighted by molar-refractivity contribution is 5.40. The molecule has 0 fully saturated rings. The van der Waals surface area contributed by atoms with Gasteiger partial charge in [-0.1, -0.05) is 18.2 Å². The Bertz CT molecular complexity index is 400. The van der Waals surface area contributed by atoms with Crippen LogP contribution in [0.3, 0.4) is 0 Å². The summed E-state index contributed by atoms with van der Waals surface area (Å²) in [5, 5.41) is 10.3. The van der Waals surface area contributed by atoms with Gasteiger partial charge in [-0.05, 0) is 32.8 Å². The number of rotatable bonds is 5. The molecule has 0 spiro atoms. The number of para-hydroxylation sites is 1. The second kappa shape index (κ2) is 5.29. The summed E-state index contributed by atoms with van der Waals surface area (Å²) in [5.74, 6) is 1.00. The molecule has 1 N–H and O–H groups in total. The molecule has 18 heavy (non-hydrogen) atoms. The van der Waals surface area contributed by atoms with Crippen LogP contribution in [-0.4, -0.2) is 30.5 Å². The first kappa shape index (κ1) is 13.4. The lowest BCUT2D eigenvalue weighted by atomic mass is 9.90. The normalized spacial score (nSPS) is 20.3. The highest BCUT2D eigenvalue weighted by atomic mass is 16.5. The number of hydrogen-bond donors (Lipinski definition) is 1. The Kier molecular flexibility index (Phi) is 3.93. The second-order valence-corrected chi connectivity index (χ2v) is 5.53. The van der Waals surface area contributed by atoms with Crippen molar-refractivity contribution in [2.75, 3.05) is 13.7 Å². The average molecular weight is 250 g/mol. The van der Waals surface area contributed by atoms with Crippen molar-refractivity contribution in [2.24, 2.45) is 0 Å². The number of fused-ring (bicyclic) bond motifs is 1. The molecule has 0 saturated carbocycles. The van der Waals surface area contributed by atoms with E-state index in [2.05, 4.69) is 0 Å². The smallest absolute Gasteiger partial charge is 0.123 e. The molecule has 0 aromatic heterocycles. The number of ether oxygens (including phenoxy) is 2. The Morgan fingerprint density at radius 1 is 1.44 bits per heavy atom. The van der Waals surface area contributed by atoms with Crippen molar-refractivity contribution in [3.63, 3.8) is 0 Å². The van der Waals surface area contributed by atoms with E-state index < -0.39 is 0 Å². The number of aliphatic hydroxyl groups is 1. The van der Waals surface area contributed by atoms with Crippen molar-refractivity contribution < 1.29 is 14.6 Å². The predicted molar refractivity (Wildman–Crippen MR) is 71.0 cm³/mol. The topological polar surface area (TPSA) is 38.7 Å². The lowest BCUT2D eigenvalue weighted by molar-refractivity contribution is -0.000477. The maximum absolute atomic E-state index is 10.3. The fourth-order valence-electron chi connectivity index (χ4n) is 2.30. The van der Waals surface area contributed by atoms with Crippen LogP contribution in [0.5, 0.6) is 5.75 Å². The van der Waals surface area contributed by atoms with Crippen molar-refractivity contribution in [3.05, 3.63) is 29.8 Å². The van der Waals surface area contributed by atoms with Gasteiger partial charge < -0.3 is 14.6 Å². The average Bonchev–Trinajstić information content (AvgIpc) is 2.80. The van der Waals surface area contributed by atoms with Crippen LogP contribution in [0.1, 0.15) is 38.2 Å².